The highest BCUT2D eigenvalue weighted by atomic mass is 79.9. The van der Waals surface area contributed by atoms with Crippen LogP contribution in [0.4, 0.5) is 10.6 Å². The van der Waals surface area contributed by atoms with Crippen molar-refractivity contribution >= 4 is 33.8 Å². The molecule has 3 heterocycles. The Labute approximate surface area is 192 Å². The molecule has 2 aliphatic rings. The average molecular weight is 498 g/mol. The van der Waals surface area contributed by atoms with E-state index in [9.17, 15) is 9.59 Å². The summed E-state index contributed by atoms with van der Waals surface area (Å²) in [5, 5.41) is 3.06. The Kier molecular flexibility index (Phi) is 6.86. The third-order valence-corrected chi connectivity index (χ3v) is 6.83. The number of alkyl carbamates (subject to hydrolysis) is 1. The number of hydrogen-bond donors (Lipinski definition) is 1. The fourth-order valence-corrected chi connectivity index (χ4v) is 4.69. The van der Waals surface area contributed by atoms with Gasteiger partial charge in [0.2, 0.25) is 0 Å². The number of hydrogen-bond acceptors (Lipinski definition) is 7. The van der Waals surface area contributed by atoms with Gasteiger partial charge in [-0.25, -0.2) is 14.6 Å². The van der Waals surface area contributed by atoms with Crippen molar-refractivity contribution in [1.29, 1.82) is 0 Å². The molecule has 0 bridgehead atoms. The lowest BCUT2D eigenvalue weighted by Crippen LogP contribution is -2.55. The van der Waals surface area contributed by atoms with Crippen LogP contribution in [-0.4, -0.2) is 61.6 Å². The molecule has 0 aliphatic carbocycles. The van der Waals surface area contributed by atoms with E-state index >= 15 is 0 Å². The van der Waals surface area contributed by atoms with Gasteiger partial charge in [-0.3, -0.25) is 0 Å². The summed E-state index contributed by atoms with van der Waals surface area (Å²) in [5.74, 6) is 0.219. The number of ether oxygens (including phenoxy) is 3. The van der Waals surface area contributed by atoms with Gasteiger partial charge >= 0.3 is 12.1 Å². The predicted molar refractivity (Wildman–Crippen MR) is 120 cm³/mol. The Hall–Kier alpha value is -1.87. The highest BCUT2D eigenvalue weighted by Gasteiger charge is 2.50. The number of esters is 1. The highest BCUT2D eigenvalue weighted by Crippen LogP contribution is 2.43. The van der Waals surface area contributed by atoms with Gasteiger partial charge in [0.05, 0.1) is 31.6 Å². The molecule has 2 atom stereocenters. The van der Waals surface area contributed by atoms with Gasteiger partial charge in [-0.2, -0.15) is 0 Å². The zero-order chi connectivity index (χ0) is 23.0. The number of amides is 1. The molecule has 8 nitrogen and oxygen atoms in total. The number of rotatable bonds is 3. The SMILES string of the molecule is COC(=O)c1cc(Br)c(C)nc1N1CCC2(CC1)CO[C@@H](C)[C@H]2NC(=O)OC(C)(C)C. The van der Waals surface area contributed by atoms with Crippen molar-refractivity contribution < 1.29 is 23.8 Å². The summed E-state index contributed by atoms with van der Waals surface area (Å²) in [6, 6.07) is 1.63. The first kappa shape index (κ1) is 23.8. The summed E-state index contributed by atoms with van der Waals surface area (Å²) in [7, 11) is 1.37. The quantitative estimate of drug-likeness (QED) is 0.634. The first-order valence-electron chi connectivity index (χ1n) is 10.6. The molecular weight excluding hydrogens is 466 g/mol. The van der Waals surface area contributed by atoms with Crippen LogP contribution in [0, 0.1) is 12.3 Å². The fourth-order valence-electron chi connectivity index (χ4n) is 4.37. The topological polar surface area (TPSA) is 90.0 Å². The Morgan fingerprint density at radius 1 is 1.32 bits per heavy atom. The molecule has 0 saturated carbocycles. The zero-order valence-electron chi connectivity index (χ0n) is 19.1. The molecule has 2 fully saturated rings. The van der Waals surface area contributed by atoms with E-state index < -0.39 is 17.7 Å². The van der Waals surface area contributed by atoms with Crippen molar-refractivity contribution in [1.82, 2.24) is 10.3 Å². The molecule has 1 aromatic heterocycles. The molecule has 0 radical (unpaired) electrons. The van der Waals surface area contributed by atoms with E-state index in [2.05, 4.69) is 31.1 Å². The highest BCUT2D eigenvalue weighted by molar-refractivity contribution is 9.10. The standard InChI is InChI=1S/C22H32BrN3O5/c1-13-16(23)11-15(19(27)29-6)18(24-13)26-9-7-22(8-10-26)12-30-14(2)17(22)25-20(28)31-21(3,4)5/h11,14,17H,7-10,12H2,1-6H3,(H,25,28)/t14-,17+/m0/s1. The molecule has 172 valence electrons. The van der Waals surface area contributed by atoms with Crippen molar-refractivity contribution in [2.45, 2.75) is 65.2 Å². The van der Waals surface area contributed by atoms with Gasteiger partial charge in [-0.15, -0.1) is 0 Å². The molecule has 0 unspecified atom stereocenters. The second kappa shape index (κ2) is 8.94. The van der Waals surface area contributed by atoms with Crippen molar-refractivity contribution in [2.24, 2.45) is 5.41 Å². The van der Waals surface area contributed by atoms with Gasteiger partial charge in [0.1, 0.15) is 17.0 Å². The predicted octanol–water partition coefficient (Wildman–Crippen LogP) is 3.84. The zero-order valence-corrected chi connectivity index (χ0v) is 20.7. The Balaban J connectivity index is 1.77. The Morgan fingerprint density at radius 2 is 1.97 bits per heavy atom. The second-order valence-corrected chi connectivity index (χ2v) is 10.3. The number of aryl methyl sites for hydroxylation is 1. The molecule has 1 aromatic rings. The van der Waals surface area contributed by atoms with Crippen LogP contribution in [0.25, 0.3) is 0 Å². The van der Waals surface area contributed by atoms with Gasteiger partial charge in [0, 0.05) is 23.0 Å². The summed E-state index contributed by atoms with van der Waals surface area (Å²) < 4.78 is 17.2. The number of nitrogens with zero attached hydrogens (tertiary/aromatic N) is 2. The van der Waals surface area contributed by atoms with Crippen molar-refractivity contribution in [3.63, 3.8) is 0 Å². The largest absolute Gasteiger partial charge is 0.465 e. The maximum absolute atomic E-state index is 12.4. The van der Waals surface area contributed by atoms with Crippen molar-refractivity contribution in [3.8, 4) is 0 Å². The number of piperidine rings is 1. The monoisotopic (exact) mass is 497 g/mol. The lowest BCUT2D eigenvalue weighted by Gasteiger charge is -2.43. The average Bonchev–Trinajstić information content (AvgIpc) is 2.98. The van der Waals surface area contributed by atoms with Gasteiger partial charge < -0.3 is 24.4 Å². The summed E-state index contributed by atoms with van der Waals surface area (Å²) in [6.07, 6.45) is 1.08. The molecule has 1 spiro atoms. The number of aromatic nitrogens is 1. The molecule has 2 saturated heterocycles. The number of carbonyl (C=O) groups is 2. The number of methoxy groups -OCH3 is 1. The molecule has 9 heteroatoms. The van der Waals surface area contributed by atoms with Gasteiger partial charge in [-0.1, -0.05) is 0 Å². The fraction of sp³-hybridized carbons (Fsp3) is 0.682. The molecule has 0 aromatic carbocycles. The second-order valence-electron chi connectivity index (χ2n) is 9.41. The normalized spacial score (nSPS) is 23.0. The van der Waals surface area contributed by atoms with Crippen LogP contribution >= 0.6 is 15.9 Å². The molecule has 1 N–H and O–H groups in total. The molecule has 1 amide bonds. The van der Waals surface area contributed by atoms with Crippen LogP contribution in [0.2, 0.25) is 0 Å². The first-order valence-corrected chi connectivity index (χ1v) is 11.4. The van der Waals surface area contributed by atoms with E-state index in [1.54, 1.807) is 6.07 Å². The van der Waals surface area contributed by atoms with E-state index in [4.69, 9.17) is 14.2 Å². The molecule has 2 aliphatic heterocycles. The third-order valence-electron chi connectivity index (χ3n) is 6.03. The van der Waals surface area contributed by atoms with Crippen LogP contribution in [0.1, 0.15) is 56.6 Å². The maximum atomic E-state index is 12.4. The molecule has 31 heavy (non-hydrogen) atoms. The van der Waals surface area contributed by atoms with Crippen LogP contribution < -0.4 is 10.2 Å². The van der Waals surface area contributed by atoms with E-state index in [-0.39, 0.29) is 17.6 Å². The number of carbonyl (C=O) groups excluding carboxylic acids is 2. The van der Waals surface area contributed by atoms with Crippen LogP contribution in [0.5, 0.6) is 0 Å². The van der Waals surface area contributed by atoms with Crippen molar-refractivity contribution in [3.05, 3.63) is 21.8 Å². The Bertz CT molecular complexity index is 846. The number of pyridine rings is 1. The summed E-state index contributed by atoms with van der Waals surface area (Å²) in [5.41, 5.74) is 0.516. The van der Waals surface area contributed by atoms with Crippen molar-refractivity contribution in [2.75, 3.05) is 31.7 Å². The van der Waals surface area contributed by atoms with E-state index in [0.717, 1.165) is 23.0 Å². The van der Waals surface area contributed by atoms with Gasteiger partial charge in [-0.05, 0) is 69.5 Å². The van der Waals surface area contributed by atoms with E-state index in [1.165, 1.54) is 7.11 Å². The lowest BCUT2D eigenvalue weighted by molar-refractivity contribution is 0.0433. The van der Waals surface area contributed by atoms with Crippen LogP contribution in [0.15, 0.2) is 10.5 Å². The number of halogens is 1. The minimum absolute atomic E-state index is 0.0993. The summed E-state index contributed by atoms with van der Waals surface area (Å²) in [6.45, 7) is 11.4. The number of nitrogens with one attached hydrogen (secondary N) is 1. The third kappa shape index (κ3) is 5.14. The summed E-state index contributed by atoms with van der Waals surface area (Å²) in [4.78, 5) is 31.5. The number of anilines is 1. The molecular formula is C22H32BrN3O5. The van der Waals surface area contributed by atoms with E-state index in [0.29, 0.717) is 31.1 Å². The minimum atomic E-state index is -0.557. The Morgan fingerprint density at radius 3 is 2.55 bits per heavy atom. The van der Waals surface area contributed by atoms with Crippen LogP contribution in [0.3, 0.4) is 0 Å². The summed E-state index contributed by atoms with van der Waals surface area (Å²) >= 11 is 3.45. The molecule has 3 rings (SSSR count). The van der Waals surface area contributed by atoms with Crippen LogP contribution in [-0.2, 0) is 14.2 Å². The van der Waals surface area contributed by atoms with Gasteiger partial charge in [0.25, 0.3) is 0 Å². The van der Waals surface area contributed by atoms with E-state index in [1.807, 2.05) is 34.6 Å². The maximum Gasteiger partial charge on any atom is 0.407 e. The first-order chi connectivity index (χ1) is 14.5. The lowest BCUT2D eigenvalue weighted by atomic mass is 9.73. The minimum Gasteiger partial charge on any atom is -0.465 e. The smallest absolute Gasteiger partial charge is 0.407 e. The van der Waals surface area contributed by atoms with Gasteiger partial charge in [0.15, 0.2) is 0 Å².